The quantitative estimate of drug-likeness (QED) is 0.761. The van der Waals surface area contributed by atoms with E-state index in [9.17, 15) is 0 Å². The minimum absolute atomic E-state index is 0.747. The topological polar surface area (TPSA) is 40.6 Å². The van der Waals surface area contributed by atoms with E-state index < -0.39 is 8.80 Å². The van der Waals surface area contributed by atoms with Crippen LogP contribution in [-0.2, 0) is 19.7 Å². The molecular formula is C14H19NO3Si. The summed E-state index contributed by atoms with van der Waals surface area (Å²) in [7, 11) is 2.41. The standard InChI is InChI=1S/C14H19NO3Si/c1-16-19(17-2,18-3)9-8-12-10-13-6-4-5-7-14(13)15-11-12/h4-7,10-11H,8-9H2,1-3H3. The molecule has 5 heteroatoms. The second-order valence-corrected chi connectivity index (χ2v) is 7.42. The first-order valence-electron chi connectivity index (χ1n) is 6.22. The fourth-order valence-corrected chi connectivity index (χ4v) is 3.81. The smallest absolute Gasteiger partial charge is 0.377 e. The Kier molecular flexibility index (Phi) is 4.65. The number of aryl methyl sites for hydroxylation is 1. The third kappa shape index (κ3) is 3.19. The summed E-state index contributed by atoms with van der Waals surface area (Å²) in [4.78, 5) is 4.45. The molecular weight excluding hydrogens is 258 g/mol. The van der Waals surface area contributed by atoms with Crippen LogP contribution >= 0.6 is 0 Å². The van der Waals surface area contributed by atoms with Gasteiger partial charge in [-0.3, -0.25) is 4.98 Å². The van der Waals surface area contributed by atoms with Gasteiger partial charge in [-0.05, 0) is 24.1 Å². The summed E-state index contributed by atoms with van der Waals surface area (Å²) < 4.78 is 16.3. The van der Waals surface area contributed by atoms with Crippen LogP contribution in [0.2, 0.25) is 6.04 Å². The lowest BCUT2D eigenvalue weighted by molar-refractivity contribution is 0.123. The summed E-state index contributed by atoms with van der Waals surface area (Å²) in [5.74, 6) is 0. The van der Waals surface area contributed by atoms with E-state index in [0.29, 0.717) is 0 Å². The number of para-hydroxylation sites is 1. The number of fused-ring (bicyclic) bond motifs is 1. The number of pyridine rings is 1. The van der Waals surface area contributed by atoms with Gasteiger partial charge in [0, 0.05) is 39.0 Å². The number of nitrogens with zero attached hydrogens (tertiary/aromatic N) is 1. The Balaban J connectivity index is 2.13. The van der Waals surface area contributed by atoms with E-state index >= 15 is 0 Å². The Bertz CT molecular complexity index is 535. The summed E-state index contributed by atoms with van der Waals surface area (Å²) >= 11 is 0. The van der Waals surface area contributed by atoms with Gasteiger partial charge in [0.05, 0.1) is 5.52 Å². The molecule has 0 aliphatic carbocycles. The van der Waals surface area contributed by atoms with Crippen LogP contribution in [0.4, 0.5) is 0 Å². The van der Waals surface area contributed by atoms with Crippen LogP contribution in [0.5, 0.6) is 0 Å². The molecule has 4 nitrogen and oxygen atoms in total. The van der Waals surface area contributed by atoms with Crippen molar-refractivity contribution in [1.29, 1.82) is 0 Å². The van der Waals surface area contributed by atoms with Gasteiger partial charge < -0.3 is 13.3 Å². The summed E-state index contributed by atoms with van der Waals surface area (Å²) in [6, 6.07) is 11.0. The number of hydrogen-bond acceptors (Lipinski definition) is 4. The number of rotatable bonds is 6. The highest BCUT2D eigenvalue weighted by atomic mass is 28.4. The lowest BCUT2D eigenvalue weighted by Crippen LogP contribution is -2.43. The van der Waals surface area contributed by atoms with Crippen molar-refractivity contribution in [3.63, 3.8) is 0 Å². The van der Waals surface area contributed by atoms with Crippen LogP contribution in [0.25, 0.3) is 10.9 Å². The molecule has 0 spiro atoms. The molecule has 0 N–H and O–H groups in total. The number of benzene rings is 1. The van der Waals surface area contributed by atoms with Gasteiger partial charge in [-0.25, -0.2) is 0 Å². The molecule has 0 unspecified atom stereocenters. The maximum Gasteiger partial charge on any atom is 0.500 e. The first-order valence-corrected chi connectivity index (χ1v) is 8.15. The van der Waals surface area contributed by atoms with Crippen molar-refractivity contribution in [3.05, 3.63) is 42.1 Å². The normalized spacial score (nSPS) is 11.9. The highest BCUT2D eigenvalue weighted by Gasteiger charge is 2.37. The van der Waals surface area contributed by atoms with Gasteiger partial charge in [0.15, 0.2) is 0 Å². The zero-order chi connectivity index (χ0) is 13.7. The van der Waals surface area contributed by atoms with E-state index in [-0.39, 0.29) is 0 Å². The molecule has 0 aliphatic rings. The van der Waals surface area contributed by atoms with Crippen LogP contribution in [0.1, 0.15) is 5.56 Å². The molecule has 0 aliphatic heterocycles. The van der Waals surface area contributed by atoms with E-state index in [0.717, 1.165) is 23.4 Å². The van der Waals surface area contributed by atoms with E-state index in [2.05, 4.69) is 17.1 Å². The van der Waals surface area contributed by atoms with Gasteiger partial charge in [-0.15, -0.1) is 0 Å². The molecule has 0 fully saturated rings. The third-order valence-corrected chi connectivity index (χ3v) is 6.03. The Morgan fingerprint density at radius 3 is 2.42 bits per heavy atom. The van der Waals surface area contributed by atoms with Crippen molar-refractivity contribution >= 4 is 19.7 Å². The van der Waals surface area contributed by atoms with Crippen LogP contribution in [0.15, 0.2) is 36.5 Å². The summed E-state index contributed by atoms with van der Waals surface area (Å²) in [5.41, 5.74) is 2.18. The molecule has 0 bridgehead atoms. The molecule has 0 saturated heterocycles. The van der Waals surface area contributed by atoms with E-state index in [1.54, 1.807) is 21.3 Å². The van der Waals surface area contributed by atoms with Crippen LogP contribution in [-0.4, -0.2) is 35.1 Å². The largest absolute Gasteiger partial charge is 0.500 e. The zero-order valence-corrected chi connectivity index (χ0v) is 12.6. The molecule has 0 radical (unpaired) electrons. The van der Waals surface area contributed by atoms with Crippen molar-refractivity contribution in [2.24, 2.45) is 0 Å². The fourth-order valence-electron chi connectivity index (χ4n) is 2.11. The summed E-state index contributed by atoms with van der Waals surface area (Å²) in [6.07, 6.45) is 2.74. The maximum atomic E-state index is 5.42. The zero-order valence-electron chi connectivity index (χ0n) is 11.6. The van der Waals surface area contributed by atoms with E-state index in [1.807, 2.05) is 24.4 Å². The predicted octanol–water partition coefficient (Wildman–Crippen LogP) is 2.66. The first-order chi connectivity index (χ1) is 9.23. The Hall–Kier alpha value is -1.27. The molecule has 19 heavy (non-hydrogen) atoms. The molecule has 1 heterocycles. The SMILES string of the molecule is CO[Si](CCc1cnc2ccccc2c1)(OC)OC. The van der Waals surface area contributed by atoms with Gasteiger partial charge in [-0.2, -0.15) is 0 Å². The average Bonchev–Trinajstić information content (AvgIpc) is 2.49. The Morgan fingerprint density at radius 2 is 1.74 bits per heavy atom. The van der Waals surface area contributed by atoms with Crippen molar-refractivity contribution < 1.29 is 13.3 Å². The number of aromatic nitrogens is 1. The Labute approximate surface area is 114 Å². The van der Waals surface area contributed by atoms with Crippen molar-refractivity contribution in [2.45, 2.75) is 12.5 Å². The van der Waals surface area contributed by atoms with Gasteiger partial charge in [0.25, 0.3) is 0 Å². The first kappa shape index (κ1) is 14.1. The third-order valence-electron chi connectivity index (χ3n) is 3.30. The summed E-state index contributed by atoms with van der Waals surface area (Å²) in [5, 5.41) is 1.15. The van der Waals surface area contributed by atoms with Crippen molar-refractivity contribution in [1.82, 2.24) is 4.98 Å². The minimum Gasteiger partial charge on any atom is -0.377 e. The molecule has 0 saturated carbocycles. The van der Waals surface area contributed by atoms with E-state index in [1.165, 1.54) is 5.56 Å². The van der Waals surface area contributed by atoms with Gasteiger partial charge in [0.1, 0.15) is 0 Å². The highest BCUT2D eigenvalue weighted by molar-refractivity contribution is 6.60. The molecule has 2 rings (SSSR count). The second kappa shape index (κ2) is 6.25. The van der Waals surface area contributed by atoms with Crippen molar-refractivity contribution in [2.75, 3.05) is 21.3 Å². The van der Waals surface area contributed by atoms with Gasteiger partial charge >= 0.3 is 8.80 Å². The molecule has 1 aromatic carbocycles. The number of hydrogen-bond donors (Lipinski definition) is 0. The monoisotopic (exact) mass is 277 g/mol. The van der Waals surface area contributed by atoms with Crippen molar-refractivity contribution in [3.8, 4) is 0 Å². The fraction of sp³-hybridized carbons (Fsp3) is 0.357. The van der Waals surface area contributed by atoms with Gasteiger partial charge in [0.2, 0.25) is 0 Å². The maximum absolute atomic E-state index is 5.42. The molecule has 2 aromatic rings. The second-order valence-electron chi connectivity index (χ2n) is 4.33. The minimum atomic E-state index is -2.50. The van der Waals surface area contributed by atoms with Crippen LogP contribution in [0.3, 0.4) is 0 Å². The van der Waals surface area contributed by atoms with Crippen LogP contribution in [0, 0.1) is 0 Å². The summed E-state index contributed by atoms with van der Waals surface area (Å²) in [6.45, 7) is 0. The molecule has 102 valence electrons. The average molecular weight is 277 g/mol. The lowest BCUT2D eigenvalue weighted by atomic mass is 10.1. The molecule has 1 aromatic heterocycles. The predicted molar refractivity (Wildman–Crippen MR) is 77.0 cm³/mol. The highest BCUT2D eigenvalue weighted by Crippen LogP contribution is 2.19. The van der Waals surface area contributed by atoms with Gasteiger partial charge in [-0.1, -0.05) is 18.2 Å². The van der Waals surface area contributed by atoms with E-state index in [4.69, 9.17) is 13.3 Å². The lowest BCUT2D eigenvalue weighted by Gasteiger charge is -2.24. The molecule has 0 atom stereocenters. The van der Waals surface area contributed by atoms with Crippen LogP contribution < -0.4 is 0 Å². The Morgan fingerprint density at radius 1 is 1.05 bits per heavy atom. The molecule has 0 amide bonds.